The summed E-state index contributed by atoms with van der Waals surface area (Å²) in [7, 11) is 3.84. The highest BCUT2D eigenvalue weighted by Crippen LogP contribution is 2.30. The zero-order chi connectivity index (χ0) is 93.0. The highest BCUT2D eigenvalue weighted by molar-refractivity contribution is 8.00. The SMILES string of the molecule is CCCC[C@H]1C(=O)N(C)[C@@H](CCCC)C(=O)N[C@@H](CO)C(=O)N[C@H](C(=O)NCC(N)=O)CSCC(=O)N[C@@H](Cc2ccc(O)cc2)C(=O)N(C)[C@@H](C)C(=O)N[C@@H](CCN)C(=O)N2CCC[C@H]2C(=O)N[C@@H](CO)C(=O)N[C@@H](CCC(=O)O)C(=O)N2C[C@H](O)C[C@H]2C(=O)C[C@@H](Cc2c[nH]c3ccccc23)C(=O)N[C@@H](CO)C(=O)N[C@@H](Cc2c[nH]c3ccccc23)C(=O)N1C. The Morgan fingerprint density at radius 3 is 1.64 bits per heavy atom. The van der Waals surface area contributed by atoms with Crippen molar-refractivity contribution < 1.29 is 112 Å². The Bertz CT molecular complexity index is 4760. The standard InChI is InChI=1S/C85H118N18O23S/c1-7-9-20-65-79(120)96-63(43-106)78(119)98-64(75(116)90-39-70(87)110)44-127-45-71(111)91-59(32-47-23-25-51(107)26-24-47)81(122)99(4)46(3)73(114)92-58(29-30-86)83(124)102-31-15-22-66(102)80(121)97-62(42-105)76(117)93-57(27-28-72(112)113)84(125)103-40-52(108)36-68(103)69(109)35-48(33-49-37-88-55-18-13-11-16-53(49)55)74(115)95-61(41-104)77(118)94-60(34-50-38-89-56-19-14-12-17-54(50)56)82(123)101(6)67(21-10-8-2)85(126)100(65)5/h11-14,16-19,23-26,37-38,46,48,52,57-68,88-89,104-108H,7-10,15,20-22,27-36,39-45,86H2,1-6H3,(H2,87,110)(H,90,116)(H,91,111)(H,92,114)(H,93,117)(H,94,118)(H,95,115)(H,96,120)(H,97,121)(H,98,119)(H,112,113)/t46-,48+,52+,57-,58-,59-,60-,61-,62-,63-,64-,65-,66-,67-,68-/m0/s1. The van der Waals surface area contributed by atoms with Gasteiger partial charge in [-0.1, -0.05) is 88.1 Å². The summed E-state index contributed by atoms with van der Waals surface area (Å²) >= 11 is 0.735. The van der Waals surface area contributed by atoms with Crippen LogP contribution in [0.4, 0.5) is 0 Å². The number of Topliss-reactive ketones (excluding diaryl/α,β-unsaturated/α-hetero) is 1. The summed E-state index contributed by atoms with van der Waals surface area (Å²) in [5.74, 6) is -19.7. The minimum absolute atomic E-state index is 0.0273. The summed E-state index contributed by atoms with van der Waals surface area (Å²) in [4.78, 5) is 256. The van der Waals surface area contributed by atoms with Crippen LogP contribution < -0.4 is 59.3 Å². The number of aliphatic hydroxyl groups excluding tert-OH is 4. The van der Waals surface area contributed by atoms with E-state index in [4.69, 9.17) is 11.5 Å². The second kappa shape index (κ2) is 48.0. The summed E-state index contributed by atoms with van der Waals surface area (Å²) in [6.45, 7) is -0.0347. The van der Waals surface area contributed by atoms with Crippen molar-refractivity contribution in [1.82, 2.24) is 82.3 Å². The zero-order valence-electron chi connectivity index (χ0n) is 71.8. The van der Waals surface area contributed by atoms with Gasteiger partial charge >= 0.3 is 5.97 Å². The maximum atomic E-state index is 15.6. The van der Waals surface area contributed by atoms with Crippen LogP contribution in [0.2, 0.25) is 0 Å². The van der Waals surface area contributed by atoms with Crippen LogP contribution in [0.3, 0.4) is 0 Å². The van der Waals surface area contributed by atoms with Crippen molar-refractivity contribution in [3.8, 4) is 5.75 Å². The molecule has 5 aromatic rings. The third-order valence-electron chi connectivity index (χ3n) is 23.0. The molecule has 3 aliphatic rings. The van der Waals surface area contributed by atoms with Crippen molar-refractivity contribution in [2.45, 2.75) is 208 Å². The van der Waals surface area contributed by atoms with Gasteiger partial charge in [-0.05, 0) is 99.4 Å². The molecule has 3 aliphatic heterocycles. The number of aromatic nitrogens is 2. The Kier molecular flexibility index (Phi) is 37.9. The van der Waals surface area contributed by atoms with Crippen molar-refractivity contribution in [2.75, 3.05) is 78.6 Å². The molecule has 3 fully saturated rings. The number of primary amides is 1. The number of unbranched alkanes of at least 4 members (excludes halogenated alkanes) is 2. The molecule has 3 aromatic carbocycles. The lowest BCUT2D eigenvalue weighted by Gasteiger charge is -2.36. The molecule has 127 heavy (non-hydrogen) atoms. The number of aromatic hydroxyl groups is 1. The number of amides is 15. The first kappa shape index (κ1) is 100. The topological polar surface area (TPSA) is 620 Å². The van der Waals surface area contributed by atoms with Crippen LogP contribution in [0, 0.1) is 5.92 Å². The number of para-hydroxylation sites is 2. The van der Waals surface area contributed by atoms with Gasteiger partial charge in [0.1, 0.15) is 78.3 Å². The number of aliphatic hydroxyl groups is 4. The first-order valence-corrected chi connectivity index (χ1v) is 43.5. The number of phenolic OH excluding ortho intramolecular Hbond substituents is 1. The number of hydrogen-bond acceptors (Lipinski definition) is 24. The first-order valence-electron chi connectivity index (χ1n) is 42.4. The van der Waals surface area contributed by atoms with Gasteiger partial charge in [0, 0.05) is 112 Å². The maximum absolute atomic E-state index is 15.6. The molecule has 15 amide bonds. The minimum atomic E-state index is -1.91. The van der Waals surface area contributed by atoms with Crippen LogP contribution in [0.1, 0.15) is 121 Å². The fourth-order valence-electron chi connectivity index (χ4n) is 15.7. The number of nitrogens with zero attached hydrogens (tertiary/aromatic N) is 5. The molecule has 2 aromatic heterocycles. The molecule has 8 rings (SSSR count). The van der Waals surface area contributed by atoms with Crippen molar-refractivity contribution in [3.05, 3.63) is 102 Å². The third-order valence-corrected chi connectivity index (χ3v) is 24.0. The maximum Gasteiger partial charge on any atom is 0.303 e. The van der Waals surface area contributed by atoms with Crippen molar-refractivity contribution >= 4 is 134 Å². The van der Waals surface area contributed by atoms with E-state index in [1.165, 1.54) is 52.3 Å². The summed E-state index contributed by atoms with van der Waals surface area (Å²) in [5, 5.41) is 87.8. The van der Waals surface area contributed by atoms with Gasteiger partial charge in [0.05, 0.1) is 44.3 Å². The van der Waals surface area contributed by atoms with Gasteiger partial charge in [-0.2, -0.15) is 0 Å². The van der Waals surface area contributed by atoms with Crippen molar-refractivity contribution in [2.24, 2.45) is 17.4 Å². The third kappa shape index (κ3) is 27.2. The van der Waals surface area contributed by atoms with Crippen LogP contribution in [0.5, 0.6) is 5.75 Å². The quantitative estimate of drug-likeness (QED) is 0.0298. The highest BCUT2D eigenvalue weighted by atomic mass is 32.2. The molecule has 0 unspecified atom stereocenters. The molecule has 692 valence electrons. The average molecular weight is 1790 g/mol. The number of carboxylic acids is 1. The number of carbonyl (C=O) groups is 17. The summed E-state index contributed by atoms with van der Waals surface area (Å²) in [5.41, 5.74) is 14.0. The number of fused-ring (bicyclic) bond motifs is 4. The Balaban J connectivity index is 1.16. The second-order valence-corrected chi connectivity index (χ2v) is 33.1. The Hall–Kier alpha value is -12.1. The average Bonchev–Trinajstić information content (AvgIpc) is 1.71. The summed E-state index contributed by atoms with van der Waals surface area (Å²) < 4.78 is 0. The van der Waals surface area contributed by atoms with Crippen molar-refractivity contribution in [3.63, 3.8) is 0 Å². The molecule has 42 heteroatoms. The molecule has 0 spiro atoms. The predicted octanol–water partition coefficient (Wildman–Crippen LogP) is -3.79. The van der Waals surface area contributed by atoms with Crippen LogP contribution in [-0.4, -0.2) is 329 Å². The lowest BCUT2D eigenvalue weighted by atomic mass is 9.90. The fraction of sp³-hybridized carbons (Fsp3) is 0.541. The number of H-pyrrole nitrogens is 2. The van der Waals surface area contributed by atoms with Crippen LogP contribution in [0.15, 0.2) is 85.2 Å². The number of aliphatic carboxylic acids is 1. The van der Waals surface area contributed by atoms with Gasteiger partial charge in [-0.25, -0.2) is 0 Å². The van der Waals surface area contributed by atoms with E-state index in [2.05, 4.69) is 57.8 Å². The number of nitrogens with two attached hydrogens (primary N) is 2. The number of phenols is 1. The van der Waals surface area contributed by atoms with E-state index in [0.29, 0.717) is 64.2 Å². The van der Waals surface area contributed by atoms with Gasteiger partial charge < -0.3 is 124 Å². The summed E-state index contributed by atoms with van der Waals surface area (Å²) in [6, 6.07) is -1.43. The Morgan fingerprint density at radius 1 is 0.543 bits per heavy atom. The molecule has 3 saturated heterocycles. The highest BCUT2D eigenvalue weighted by Gasteiger charge is 2.46. The Labute approximate surface area is 736 Å². The number of carbonyl (C=O) groups excluding carboxylic acids is 16. The number of hydrogen-bond donors (Lipinski definition) is 19. The van der Waals surface area contributed by atoms with E-state index in [0.717, 1.165) is 36.3 Å². The second-order valence-electron chi connectivity index (χ2n) is 32.1. The van der Waals surface area contributed by atoms with E-state index < -0.39 is 261 Å². The van der Waals surface area contributed by atoms with Gasteiger partial charge in [0.2, 0.25) is 88.6 Å². The van der Waals surface area contributed by atoms with E-state index in [9.17, 15) is 88.2 Å². The molecule has 0 bridgehead atoms. The smallest absolute Gasteiger partial charge is 0.303 e. The molecule has 0 aliphatic carbocycles. The molecule has 41 nitrogen and oxygen atoms in total. The molecule has 0 radical (unpaired) electrons. The van der Waals surface area contributed by atoms with E-state index in [1.54, 1.807) is 67.8 Å². The number of likely N-dealkylation sites (N-methyl/N-ethyl adjacent to an activating group) is 3. The Morgan fingerprint density at radius 2 is 1.06 bits per heavy atom. The number of ketones is 1. The van der Waals surface area contributed by atoms with E-state index in [1.807, 2.05) is 6.92 Å². The van der Waals surface area contributed by atoms with Gasteiger partial charge in [0.15, 0.2) is 5.78 Å². The van der Waals surface area contributed by atoms with Crippen LogP contribution >= 0.6 is 11.8 Å². The molecular weight excluding hydrogens is 1670 g/mol. The number of nitrogens with one attached hydrogen (secondary N) is 11. The lowest BCUT2D eigenvalue weighted by molar-refractivity contribution is -0.149. The minimum Gasteiger partial charge on any atom is -0.508 e. The molecular formula is C85H118N18O23S. The van der Waals surface area contributed by atoms with E-state index >= 15 is 24.0 Å². The van der Waals surface area contributed by atoms with Gasteiger partial charge in [-0.3, -0.25) is 81.5 Å². The van der Waals surface area contributed by atoms with Crippen molar-refractivity contribution in [1.29, 1.82) is 0 Å². The number of carboxylic acid groups (broad SMARTS) is 1. The monoisotopic (exact) mass is 1790 g/mol. The van der Waals surface area contributed by atoms with Gasteiger partial charge in [-0.15, -0.1) is 11.8 Å². The first-order chi connectivity index (χ1) is 60.6. The van der Waals surface area contributed by atoms with Crippen LogP contribution in [-0.2, 0) is 101 Å². The number of rotatable bonds is 23. The molecule has 21 N–H and O–H groups in total. The zero-order valence-corrected chi connectivity index (χ0v) is 72.7. The summed E-state index contributed by atoms with van der Waals surface area (Å²) in [6.07, 6.45) is -0.239. The number of thioether (sulfide) groups is 1. The molecule has 0 saturated carbocycles. The number of aromatic amines is 2. The van der Waals surface area contributed by atoms with Gasteiger partial charge in [0.25, 0.3) is 0 Å². The predicted molar refractivity (Wildman–Crippen MR) is 461 cm³/mol. The molecule has 5 heterocycles. The van der Waals surface area contributed by atoms with Crippen LogP contribution in [0.25, 0.3) is 21.8 Å². The number of benzene rings is 3. The van der Waals surface area contributed by atoms with E-state index in [-0.39, 0.29) is 70.2 Å². The normalized spacial score (nSPS) is 25.7. The largest absolute Gasteiger partial charge is 0.508 e. The lowest BCUT2D eigenvalue weighted by Crippen LogP contribution is -2.61. The molecule has 15 atom stereocenters. The fourth-order valence-corrected chi connectivity index (χ4v) is 16.5.